The van der Waals surface area contributed by atoms with E-state index in [4.69, 9.17) is 5.11 Å². The predicted octanol–water partition coefficient (Wildman–Crippen LogP) is 4.27. The van der Waals surface area contributed by atoms with Crippen LogP contribution < -0.4 is 10.9 Å². The van der Waals surface area contributed by atoms with Gasteiger partial charge in [-0.25, -0.2) is 14.2 Å². The maximum atomic E-state index is 14.2. The van der Waals surface area contributed by atoms with Gasteiger partial charge in [0.25, 0.3) is 5.56 Å². The summed E-state index contributed by atoms with van der Waals surface area (Å²) in [7, 11) is 1.46. The normalized spacial score (nSPS) is 12.8. The number of anilines is 1. The van der Waals surface area contributed by atoms with E-state index >= 15 is 0 Å². The maximum Gasteiger partial charge on any atom is 0.416 e. The fourth-order valence-electron chi connectivity index (χ4n) is 3.13. The van der Waals surface area contributed by atoms with E-state index in [9.17, 15) is 27.2 Å². The number of hydrogen-bond donors (Lipinski definition) is 2. The molecule has 1 heterocycles. The number of aromatic carboxylic acids is 1. The van der Waals surface area contributed by atoms with Crippen LogP contribution in [-0.4, -0.2) is 20.6 Å². The Morgan fingerprint density at radius 2 is 1.90 bits per heavy atom. The third-order valence-electron chi connectivity index (χ3n) is 4.83. The molecule has 2 N–H and O–H groups in total. The van der Waals surface area contributed by atoms with Crippen molar-refractivity contribution in [3.63, 3.8) is 0 Å². The highest BCUT2D eigenvalue weighted by atomic mass is 19.4. The molecule has 3 rings (SSSR count). The highest BCUT2D eigenvalue weighted by Gasteiger charge is 2.35. The van der Waals surface area contributed by atoms with Crippen LogP contribution in [0.15, 0.2) is 35.1 Å². The lowest BCUT2D eigenvalue weighted by Crippen LogP contribution is -2.22. The van der Waals surface area contributed by atoms with Crippen LogP contribution in [0.3, 0.4) is 0 Å². The van der Waals surface area contributed by atoms with Gasteiger partial charge in [-0.1, -0.05) is 0 Å². The van der Waals surface area contributed by atoms with Crippen LogP contribution in [0.2, 0.25) is 0 Å². The average molecular weight is 423 g/mol. The zero-order valence-electron chi connectivity index (χ0n) is 16.1. The molecule has 0 saturated carbocycles. The first-order valence-corrected chi connectivity index (χ1v) is 8.78. The van der Waals surface area contributed by atoms with Crippen molar-refractivity contribution in [1.29, 1.82) is 0 Å². The molecule has 30 heavy (non-hydrogen) atoms. The number of halogens is 4. The number of aromatic nitrogens is 2. The van der Waals surface area contributed by atoms with Crippen LogP contribution >= 0.6 is 0 Å². The number of benzene rings is 2. The minimum Gasteiger partial charge on any atom is -0.478 e. The molecule has 0 aliphatic carbocycles. The highest BCUT2D eigenvalue weighted by molar-refractivity contribution is 5.88. The molecule has 0 aliphatic heterocycles. The molecule has 0 radical (unpaired) electrons. The van der Waals surface area contributed by atoms with Crippen LogP contribution in [0.5, 0.6) is 0 Å². The molecule has 0 fully saturated rings. The van der Waals surface area contributed by atoms with E-state index in [1.807, 2.05) is 0 Å². The second-order valence-corrected chi connectivity index (χ2v) is 6.84. The Kier molecular flexibility index (Phi) is 5.27. The first-order chi connectivity index (χ1) is 13.9. The smallest absolute Gasteiger partial charge is 0.416 e. The fraction of sp³-hybridized carbons (Fsp3) is 0.250. The fourth-order valence-corrected chi connectivity index (χ4v) is 3.13. The van der Waals surface area contributed by atoms with E-state index in [0.29, 0.717) is 0 Å². The van der Waals surface area contributed by atoms with Gasteiger partial charge >= 0.3 is 12.1 Å². The minimum atomic E-state index is -4.73. The van der Waals surface area contributed by atoms with Crippen LogP contribution in [0.25, 0.3) is 10.9 Å². The van der Waals surface area contributed by atoms with Gasteiger partial charge in [0.2, 0.25) is 0 Å². The number of fused-ring (bicyclic) bond motifs is 1. The molecule has 2 aromatic carbocycles. The van der Waals surface area contributed by atoms with E-state index in [-0.39, 0.29) is 33.5 Å². The number of aryl methyl sites for hydroxylation is 1. The van der Waals surface area contributed by atoms with Crippen LogP contribution in [0.1, 0.15) is 40.3 Å². The summed E-state index contributed by atoms with van der Waals surface area (Å²) in [6, 6.07) is 3.89. The van der Waals surface area contributed by atoms with Crippen molar-refractivity contribution in [2.45, 2.75) is 26.1 Å². The topological polar surface area (TPSA) is 84.2 Å². The zero-order chi connectivity index (χ0) is 22.4. The Morgan fingerprint density at radius 1 is 1.23 bits per heavy atom. The Labute approximate surface area is 167 Å². The monoisotopic (exact) mass is 423 g/mol. The first kappa shape index (κ1) is 21.3. The lowest BCUT2D eigenvalue weighted by molar-refractivity contribution is -0.138. The Balaban J connectivity index is 2.13. The summed E-state index contributed by atoms with van der Waals surface area (Å²) in [5.74, 6) is -1.99. The van der Waals surface area contributed by atoms with Gasteiger partial charge in [0.15, 0.2) is 0 Å². The first-order valence-electron chi connectivity index (χ1n) is 8.78. The molecule has 3 aromatic rings. The average Bonchev–Trinajstić information content (AvgIpc) is 2.66. The van der Waals surface area contributed by atoms with Gasteiger partial charge in [-0.15, -0.1) is 0 Å². The number of carbonyl (C=O) groups is 1. The molecule has 1 atom stereocenters. The van der Waals surface area contributed by atoms with Gasteiger partial charge in [0, 0.05) is 13.1 Å². The molecule has 1 aromatic heterocycles. The summed E-state index contributed by atoms with van der Waals surface area (Å²) in [4.78, 5) is 27.5. The number of carboxylic acids is 1. The van der Waals surface area contributed by atoms with E-state index in [0.717, 1.165) is 30.3 Å². The lowest BCUT2D eigenvalue weighted by atomic mass is 9.98. The van der Waals surface area contributed by atoms with Crippen molar-refractivity contribution < 1.29 is 27.5 Å². The molecule has 0 bridgehead atoms. The van der Waals surface area contributed by atoms with Gasteiger partial charge in [-0.05, 0) is 49.7 Å². The van der Waals surface area contributed by atoms with Gasteiger partial charge in [0.05, 0.1) is 27.7 Å². The van der Waals surface area contributed by atoms with Crippen molar-refractivity contribution in [2.24, 2.45) is 7.05 Å². The summed E-state index contributed by atoms with van der Waals surface area (Å²) >= 11 is 0. The number of rotatable bonds is 4. The zero-order valence-corrected chi connectivity index (χ0v) is 16.1. The second kappa shape index (κ2) is 7.43. The van der Waals surface area contributed by atoms with Crippen LogP contribution in [0, 0.1) is 12.7 Å². The van der Waals surface area contributed by atoms with Crippen molar-refractivity contribution >= 4 is 22.6 Å². The maximum absolute atomic E-state index is 14.2. The number of hydrogen-bond acceptors (Lipinski definition) is 4. The molecule has 158 valence electrons. The second-order valence-electron chi connectivity index (χ2n) is 6.84. The molecule has 0 saturated heterocycles. The number of alkyl halides is 3. The SMILES string of the molecule is Cc1nc2cc(C(F)(F)F)c([C@H](C)Nc3ccc(C(=O)O)cc3F)cc2c(=O)n1C. The van der Waals surface area contributed by atoms with Gasteiger partial charge in [-0.2, -0.15) is 13.2 Å². The molecular weight excluding hydrogens is 406 g/mol. The van der Waals surface area contributed by atoms with Crippen LogP contribution in [-0.2, 0) is 13.2 Å². The Bertz CT molecular complexity index is 1220. The highest BCUT2D eigenvalue weighted by Crippen LogP contribution is 2.37. The van der Waals surface area contributed by atoms with Crippen LogP contribution in [0.4, 0.5) is 23.2 Å². The van der Waals surface area contributed by atoms with E-state index < -0.39 is 35.1 Å². The van der Waals surface area contributed by atoms with E-state index in [2.05, 4.69) is 10.3 Å². The van der Waals surface area contributed by atoms with Crippen molar-refractivity contribution in [1.82, 2.24) is 9.55 Å². The molecule has 0 unspecified atom stereocenters. The Hall–Kier alpha value is -3.43. The number of nitrogens with one attached hydrogen (secondary N) is 1. The van der Waals surface area contributed by atoms with Crippen molar-refractivity contribution in [2.75, 3.05) is 5.32 Å². The lowest BCUT2D eigenvalue weighted by Gasteiger charge is -2.22. The number of carboxylic acid groups (broad SMARTS) is 1. The van der Waals surface area contributed by atoms with Crippen molar-refractivity contribution in [3.05, 3.63) is 69.0 Å². The predicted molar refractivity (Wildman–Crippen MR) is 102 cm³/mol. The largest absolute Gasteiger partial charge is 0.478 e. The third kappa shape index (κ3) is 3.85. The van der Waals surface area contributed by atoms with Crippen molar-refractivity contribution in [3.8, 4) is 0 Å². The summed E-state index contributed by atoms with van der Waals surface area (Å²) < 4.78 is 56.5. The minimum absolute atomic E-state index is 0.00134. The van der Waals surface area contributed by atoms with Gasteiger partial charge in [-0.3, -0.25) is 9.36 Å². The summed E-state index contributed by atoms with van der Waals surface area (Å²) in [6.07, 6.45) is -4.73. The molecule has 0 amide bonds. The standard InChI is InChI=1S/C20H17F4N3O3/c1-9(25-16-5-4-11(19(29)30)6-15(16)21)12-7-13-17(8-14(12)20(22,23)24)26-10(2)27(3)18(13)28/h4-9,25H,1-3H3,(H,29,30)/t9-/m0/s1. The summed E-state index contributed by atoms with van der Waals surface area (Å²) in [5, 5.41) is 11.5. The molecule has 6 nitrogen and oxygen atoms in total. The van der Waals surface area contributed by atoms with Gasteiger partial charge < -0.3 is 10.4 Å². The van der Waals surface area contributed by atoms with E-state index in [1.54, 1.807) is 0 Å². The molecular formula is C20H17F4N3O3. The number of nitrogens with zero attached hydrogens (tertiary/aromatic N) is 2. The quantitative estimate of drug-likeness (QED) is 0.613. The van der Waals surface area contributed by atoms with Gasteiger partial charge in [0.1, 0.15) is 11.6 Å². The Morgan fingerprint density at radius 3 is 2.47 bits per heavy atom. The molecule has 0 aliphatic rings. The summed E-state index contributed by atoms with van der Waals surface area (Å²) in [5.41, 5.74) is -2.32. The molecule has 10 heteroatoms. The summed E-state index contributed by atoms with van der Waals surface area (Å²) in [6.45, 7) is 2.89. The third-order valence-corrected chi connectivity index (χ3v) is 4.83. The molecule has 0 spiro atoms. The van der Waals surface area contributed by atoms with E-state index in [1.165, 1.54) is 25.5 Å².